The third-order valence-corrected chi connectivity index (χ3v) is 4.28. The lowest BCUT2D eigenvalue weighted by Gasteiger charge is -2.04. The van der Waals surface area contributed by atoms with Crippen LogP contribution in [-0.4, -0.2) is 30.8 Å². The first-order valence-corrected chi connectivity index (χ1v) is 7.18. The Labute approximate surface area is 129 Å². The number of hydrogen-bond donors (Lipinski definition) is 3. The molecule has 2 aromatic rings. The monoisotopic (exact) mass is 325 g/mol. The van der Waals surface area contributed by atoms with Gasteiger partial charge in [0.05, 0.1) is 18.1 Å². The first-order chi connectivity index (χ1) is 9.99. The van der Waals surface area contributed by atoms with Crippen LogP contribution in [0.5, 0.6) is 0 Å². The first-order valence-electron chi connectivity index (χ1n) is 5.99. The number of carbonyl (C=O) groups is 3. The SMILES string of the molecule is NC(=O)CNC(=O)CNC(=O)c1sc2ccccc2c1Cl. The van der Waals surface area contributed by atoms with Gasteiger partial charge in [0.25, 0.3) is 5.91 Å². The molecule has 0 aliphatic heterocycles. The molecule has 0 aliphatic rings. The van der Waals surface area contributed by atoms with Gasteiger partial charge in [-0.3, -0.25) is 14.4 Å². The third kappa shape index (κ3) is 3.71. The molecular weight excluding hydrogens is 314 g/mol. The quantitative estimate of drug-likeness (QED) is 0.760. The Kier molecular flexibility index (Phi) is 4.77. The van der Waals surface area contributed by atoms with E-state index in [4.69, 9.17) is 17.3 Å². The normalized spacial score (nSPS) is 10.3. The zero-order valence-electron chi connectivity index (χ0n) is 10.8. The van der Waals surface area contributed by atoms with E-state index < -0.39 is 17.7 Å². The summed E-state index contributed by atoms with van der Waals surface area (Å²) < 4.78 is 0.894. The van der Waals surface area contributed by atoms with Crippen molar-refractivity contribution in [3.63, 3.8) is 0 Å². The highest BCUT2D eigenvalue weighted by molar-refractivity contribution is 7.21. The molecule has 1 heterocycles. The summed E-state index contributed by atoms with van der Waals surface area (Å²) in [6.07, 6.45) is 0. The van der Waals surface area contributed by atoms with E-state index in [1.807, 2.05) is 24.3 Å². The molecule has 4 N–H and O–H groups in total. The third-order valence-electron chi connectivity index (χ3n) is 2.61. The Balaban J connectivity index is 2.01. The molecule has 0 spiro atoms. The minimum Gasteiger partial charge on any atom is -0.368 e. The van der Waals surface area contributed by atoms with E-state index >= 15 is 0 Å². The molecule has 1 aromatic carbocycles. The van der Waals surface area contributed by atoms with Crippen LogP contribution in [0.25, 0.3) is 10.1 Å². The molecule has 0 unspecified atom stereocenters. The van der Waals surface area contributed by atoms with Crippen molar-refractivity contribution in [2.45, 2.75) is 0 Å². The zero-order chi connectivity index (χ0) is 15.4. The second-order valence-electron chi connectivity index (χ2n) is 4.17. The van der Waals surface area contributed by atoms with Crippen LogP contribution in [0.15, 0.2) is 24.3 Å². The lowest BCUT2D eigenvalue weighted by atomic mass is 10.2. The van der Waals surface area contributed by atoms with E-state index in [9.17, 15) is 14.4 Å². The smallest absolute Gasteiger partial charge is 0.263 e. The zero-order valence-corrected chi connectivity index (χ0v) is 12.4. The number of benzene rings is 1. The number of carbonyl (C=O) groups excluding carboxylic acids is 3. The summed E-state index contributed by atoms with van der Waals surface area (Å²) in [4.78, 5) is 34.3. The molecule has 110 valence electrons. The fraction of sp³-hybridized carbons (Fsp3) is 0.154. The van der Waals surface area contributed by atoms with Gasteiger partial charge in [0.2, 0.25) is 11.8 Å². The Hall–Kier alpha value is -2.12. The standard InChI is InChI=1S/C13H12ClN3O3S/c14-11-7-3-1-2-4-8(7)21-12(11)13(20)17-6-10(19)16-5-9(15)18/h1-4H,5-6H2,(H2,15,18)(H,16,19)(H,17,20). The number of nitrogens with one attached hydrogen (secondary N) is 2. The minimum absolute atomic E-state index is 0.253. The number of nitrogens with two attached hydrogens (primary N) is 1. The van der Waals surface area contributed by atoms with Crippen LogP contribution < -0.4 is 16.4 Å². The number of thiophene rings is 1. The van der Waals surface area contributed by atoms with E-state index in [0.29, 0.717) is 9.90 Å². The molecule has 0 atom stereocenters. The largest absolute Gasteiger partial charge is 0.368 e. The van der Waals surface area contributed by atoms with Crippen LogP contribution in [0.4, 0.5) is 0 Å². The molecule has 8 heteroatoms. The lowest BCUT2D eigenvalue weighted by molar-refractivity contribution is -0.124. The average Bonchev–Trinajstić information content (AvgIpc) is 2.80. The van der Waals surface area contributed by atoms with Crippen molar-refractivity contribution in [1.29, 1.82) is 0 Å². The summed E-state index contributed by atoms with van der Waals surface area (Å²) in [5.74, 6) is -1.59. The fourth-order valence-corrected chi connectivity index (χ4v) is 3.08. The van der Waals surface area contributed by atoms with Gasteiger partial charge < -0.3 is 16.4 Å². The highest BCUT2D eigenvalue weighted by atomic mass is 35.5. The van der Waals surface area contributed by atoms with Crippen molar-refractivity contribution >= 4 is 50.7 Å². The molecule has 0 radical (unpaired) electrons. The van der Waals surface area contributed by atoms with Gasteiger partial charge >= 0.3 is 0 Å². The van der Waals surface area contributed by atoms with Crippen LogP contribution in [0.1, 0.15) is 9.67 Å². The Morgan fingerprint density at radius 1 is 1.14 bits per heavy atom. The molecule has 0 saturated heterocycles. The van der Waals surface area contributed by atoms with E-state index in [0.717, 1.165) is 10.1 Å². The highest BCUT2D eigenvalue weighted by Crippen LogP contribution is 2.34. The van der Waals surface area contributed by atoms with Crippen molar-refractivity contribution < 1.29 is 14.4 Å². The summed E-state index contributed by atoms with van der Waals surface area (Å²) in [6, 6.07) is 7.38. The van der Waals surface area contributed by atoms with Crippen LogP contribution in [0.3, 0.4) is 0 Å². The predicted octanol–water partition coefficient (Wildman–Crippen LogP) is 0.886. The predicted molar refractivity (Wildman–Crippen MR) is 81.4 cm³/mol. The van der Waals surface area contributed by atoms with E-state index in [-0.39, 0.29) is 13.1 Å². The van der Waals surface area contributed by atoms with Crippen molar-refractivity contribution in [3.05, 3.63) is 34.2 Å². The van der Waals surface area contributed by atoms with E-state index in [1.54, 1.807) is 0 Å². The molecule has 1 aromatic heterocycles. The van der Waals surface area contributed by atoms with Crippen LogP contribution in [0.2, 0.25) is 5.02 Å². The van der Waals surface area contributed by atoms with Gasteiger partial charge in [-0.05, 0) is 6.07 Å². The number of rotatable bonds is 5. The number of primary amides is 1. The second-order valence-corrected chi connectivity index (χ2v) is 5.60. The number of halogens is 1. The maximum Gasteiger partial charge on any atom is 0.263 e. The maximum atomic E-state index is 12.0. The molecule has 0 fully saturated rings. The summed E-state index contributed by atoms with van der Waals surface area (Å²) in [7, 11) is 0. The summed E-state index contributed by atoms with van der Waals surface area (Å²) in [6.45, 7) is -0.519. The van der Waals surface area contributed by atoms with Gasteiger partial charge in [-0.1, -0.05) is 29.8 Å². The van der Waals surface area contributed by atoms with Crippen molar-refractivity contribution in [2.75, 3.05) is 13.1 Å². The lowest BCUT2D eigenvalue weighted by Crippen LogP contribution is -2.40. The van der Waals surface area contributed by atoms with E-state index in [2.05, 4.69) is 10.6 Å². The topological polar surface area (TPSA) is 101 Å². The fourth-order valence-electron chi connectivity index (χ4n) is 1.65. The van der Waals surface area contributed by atoms with Gasteiger partial charge in [0.15, 0.2) is 0 Å². The Morgan fingerprint density at radius 3 is 2.52 bits per heavy atom. The molecular formula is C13H12ClN3O3S. The number of fused-ring (bicyclic) bond motifs is 1. The molecule has 2 rings (SSSR count). The molecule has 0 bridgehead atoms. The molecule has 0 aliphatic carbocycles. The summed E-state index contributed by atoms with van der Waals surface area (Å²) >= 11 is 7.41. The summed E-state index contributed by atoms with van der Waals surface area (Å²) in [5, 5.41) is 5.88. The number of hydrogen-bond acceptors (Lipinski definition) is 4. The van der Waals surface area contributed by atoms with Gasteiger partial charge in [0.1, 0.15) is 4.88 Å². The van der Waals surface area contributed by atoms with Crippen molar-refractivity contribution in [3.8, 4) is 0 Å². The van der Waals surface area contributed by atoms with Crippen molar-refractivity contribution in [1.82, 2.24) is 10.6 Å². The Morgan fingerprint density at radius 2 is 1.86 bits per heavy atom. The minimum atomic E-state index is -0.651. The van der Waals surface area contributed by atoms with Gasteiger partial charge in [0, 0.05) is 10.1 Å². The van der Waals surface area contributed by atoms with E-state index in [1.165, 1.54) is 11.3 Å². The van der Waals surface area contributed by atoms with Crippen molar-refractivity contribution in [2.24, 2.45) is 5.73 Å². The van der Waals surface area contributed by atoms with Crippen LogP contribution in [0, 0.1) is 0 Å². The summed E-state index contributed by atoms with van der Waals surface area (Å²) in [5.41, 5.74) is 4.89. The van der Waals surface area contributed by atoms with Gasteiger partial charge in [-0.15, -0.1) is 11.3 Å². The second kappa shape index (κ2) is 6.55. The molecule has 21 heavy (non-hydrogen) atoms. The van der Waals surface area contributed by atoms with Crippen LogP contribution >= 0.6 is 22.9 Å². The Bertz CT molecular complexity index is 714. The average molecular weight is 326 g/mol. The number of amides is 3. The molecule has 3 amide bonds. The van der Waals surface area contributed by atoms with Gasteiger partial charge in [-0.25, -0.2) is 0 Å². The maximum absolute atomic E-state index is 12.0. The first kappa shape index (κ1) is 15.3. The van der Waals surface area contributed by atoms with Gasteiger partial charge in [-0.2, -0.15) is 0 Å². The van der Waals surface area contributed by atoms with Crippen LogP contribution in [-0.2, 0) is 9.59 Å². The molecule has 0 saturated carbocycles. The molecule has 6 nitrogen and oxygen atoms in total. The highest BCUT2D eigenvalue weighted by Gasteiger charge is 2.17.